The second kappa shape index (κ2) is 57.9. The van der Waals surface area contributed by atoms with E-state index in [0.717, 1.165) is 44.9 Å². The Morgan fingerprint density at radius 3 is 1.04 bits per heavy atom. The van der Waals surface area contributed by atoms with E-state index in [0.29, 0.717) is 19.4 Å². The van der Waals surface area contributed by atoms with Crippen LogP contribution in [0.25, 0.3) is 0 Å². The van der Waals surface area contributed by atoms with Crippen molar-refractivity contribution in [2.24, 2.45) is 0 Å². The maximum absolute atomic E-state index is 12.5. The lowest BCUT2D eigenvalue weighted by Crippen LogP contribution is -2.45. The molecule has 0 spiro atoms. The van der Waals surface area contributed by atoms with Crippen LogP contribution in [0.4, 0.5) is 0 Å². The van der Waals surface area contributed by atoms with Gasteiger partial charge in [0.1, 0.15) is 0 Å². The first kappa shape index (κ1) is 66.3. The number of aliphatic hydroxyl groups excluding tert-OH is 2. The number of nitrogens with one attached hydrogen (secondary N) is 1. The molecule has 0 aromatic heterocycles. The maximum atomic E-state index is 12.5. The zero-order valence-electron chi connectivity index (χ0n) is 45.9. The molecule has 0 rings (SSSR count). The van der Waals surface area contributed by atoms with Gasteiger partial charge in [-0.2, -0.15) is 0 Å². The molecule has 0 heterocycles. The van der Waals surface area contributed by atoms with Gasteiger partial charge in [-0.25, -0.2) is 0 Å². The number of ether oxygens (including phenoxy) is 1. The first-order valence-electron chi connectivity index (χ1n) is 30.6. The summed E-state index contributed by atoms with van der Waals surface area (Å²) >= 11 is 0. The number of unbranched alkanes of at least 4 members (excludes halogenated alkanes) is 44. The third kappa shape index (κ3) is 53.7. The van der Waals surface area contributed by atoms with Crippen molar-refractivity contribution in [1.29, 1.82) is 0 Å². The van der Waals surface area contributed by atoms with E-state index < -0.39 is 12.1 Å². The van der Waals surface area contributed by atoms with E-state index in [1.807, 2.05) is 6.08 Å². The van der Waals surface area contributed by atoms with Crippen LogP contribution in [0, 0.1) is 0 Å². The topological polar surface area (TPSA) is 95.9 Å². The fourth-order valence-electron chi connectivity index (χ4n) is 9.51. The standard InChI is InChI=1S/C62H119NO5/c1-3-5-7-9-11-13-15-17-19-27-30-34-38-42-46-50-54-60(65)59(58-64)63-61(66)55-51-47-43-39-35-31-28-25-23-21-20-22-24-26-29-33-37-41-45-49-53-57-68-62(67)56-52-48-44-40-36-32-18-16-14-12-10-8-6-4-2/h21,23,50,54,59-60,64-65H,3-20,22,24-49,51-53,55-58H2,1-2H3,(H,63,66)/b23-21-,54-50+. The van der Waals surface area contributed by atoms with Gasteiger partial charge >= 0.3 is 5.97 Å². The van der Waals surface area contributed by atoms with E-state index in [1.165, 1.54) is 263 Å². The highest BCUT2D eigenvalue weighted by Crippen LogP contribution is 2.17. The summed E-state index contributed by atoms with van der Waals surface area (Å²) in [7, 11) is 0. The molecule has 68 heavy (non-hydrogen) atoms. The summed E-state index contributed by atoms with van der Waals surface area (Å²) in [4.78, 5) is 24.5. The molecule has 0 saturated heterocycles. The highest BCUT2D eigenvalue weighted by Gasteiger charge is 2.18. The predicted octanol–water partition coefficient (Wildman–Crippen LogP) is 19.0. The zero-order valence-corrected chi connectivity index (χ0v) is 45.9. The largest absolute Gasteiger partial charge is 0.466 e. The molecule has 402 valence electrons. The molecule has 0 saturated carbocycles. The number of carbonyl (C=O) groups is 2. The molecule has 0 fully saturated rings. The van der Waals surface area contributed by atoms with Gasteiger partial charge in [0.25, 0.3) is 0 Å². The van der Waals surface area contributed by atoms with Gasteiger partial charge in [-0.15, -0.1) is 0 Å². The van der Waals surface area contributed by atoms with Crippen LogP contribution >= 0.6 is 0 Å². The van der Waals surface area contributed by atoms with E-state index in [4.69, 9.17) is 4.74 Å². The molecule has 0 aromatic carbocycles. The van der Waals surface area contributed by atoms with E-state index in [9.17, 15) is 19.8 Å². The summed E-state index contributed by atoms with van der Waals surface area (Å²) in [5.41, 5.74) is 0. The lowest BCUT2D eigenvalue weighted by Gasteiger charge is -2.20. The molecule has 1 amide bonds. The monoisotopic (exact) mass is 958 g/mol. The van der Waals surface area contributed by atoms with Crippen LogP contribution in [0.3, 0.4) is 0 Å². The Balaban J connectivity index is 3.44. The van der Waals surface area contributed by atoms with Crippen LogP contribution in [0.5, 0.6) is 0 Å². The smallest absolute Gasteiger partial charge is 0.305 e. The Morgan fingerprint density at radius 2 is 0.691 bits per heavy atom. The van der Waals surface area contributed by atoms with E-state index >= 15 is 0 Å². The van der Waals surface area contributed by atoms with Gasteiger partial charge in [0.2, 0.25) is 5.91 Å². The Morgan fingerprint density at radius 1 is 0.397 bits per heavy atom. The highest BCUT2D eigenvalue weighted by molar-refractivity contribution is 5.76. The van der Waals surface area contributed by atoms with Gasteiger partial charge in [-0.3, -0.25) is 9.59 Å². The molecule has 0 aliphatic rings. The van der Waals surface area contributed by atoms with Crippen molar-refractivity contribution in [2.45, 2.75) is 347 Å². The highest BCUT2D eigenvalue weighted by atomic mass is 16.5. The zero-order chi connectivity index (χ0) is 49.3. The van der Waals surface area contributed by atoms with Crippen molar-refractivity contribution in [3.63, 3.8) is 0 Å². The van der Waals surface area contributed by atoms with Crippen molar-refractivity contribution >= 4 is 11.9 Å². The van der Waals surface area contributed by atoms with Crippen molar-refractivity contribution < 1.29 is 24.5 Å². The maximum Gasteiger partial charge on any atom is 0.305 e. The number of rotatable bonds is 57. The van der Waals surface area contributed by atoms with Gasteiger partial charge in [0.15, 0.2) is 0 Å². The number of carbonyl (C=O) groups excluding carboxylic acids is 2. The number of hydrogen-bond acceptors (Lipinski definition) is 5. The van der Waals surface area contributed by atoms with Gasteiger partial charge < -0.3 is 20.3 Å². The number of allylic oxidation sites excluding steroid dienone is 3. The second-order valence-electron chi connectivity index (χ2n) is 21.0. The Hall–Kier alpha value is -1.66. The third-order valence-corrected chi connectivity index (χ3v) is 14.2. The molecule has 0 aromatic rings. The fraction of sp³-hybridized carbons (Fsp3) is 0.903. The average Bonchev–Trinajstić information content (AvgIpc) is 3.34. The minimum Gasteiger partial charge on any atom is -0.466 e. The Kier molecular flexibility index (Phi) is 56.5. The Bertz CT molecular complexity index is 1060. The first-order chi connectivity index (χ1) is 33.5. The minimum atomic E-state index is -0.849. The van der Waals surface area contributed by atoms with Crippen LogP contribution in [-0.2, 0) is 14.3 Å². The van der Waals surface area contributed by atoms with Crippen LogP contribution in [0.2, 0.25) is 0 Å². The minimum absolute atomic E-state index is 0.0101. The van der Waals surface area contributed by atoms with E-state index in [2.05, 4.69) is 31.3 Å². The molecular weight excluding hydrogens is 839 g/mol. The van der Waals surface area contributed by atoms with Crippen molar-refractivity contribution in [1.82, 2.24) is 5.32 Å². The number of esters is 1. The second-order valence-corrected chi connectivity index (χ2v) is 21.0. The number of hydrogen-bond donors (Lipinski definition) is 3. The molecule has 3 N–H and O–H groups in total. The molecule has 2 unspecified atom stereocenters. The first-order valence-corrected chi connectivity index (χ1v) is 30.6. The molecule has 6 heteroatoms. The lowest BCUT2D eigenvalue weighted by molar-refractivity contribution is -0.143. The molecule has 0 bridgehead atoms. The predicted molar refractivity (Wildman–Crippen MR) is 296 cm³/mol. The van der Waals surface area contributed by atoms with E-state index in [1.54, 1.807) is 6.08 Å². The third-order valence-electron chi connectivity index (χ3n) is 14.2. The molecule has 0 aliphatic carbocycles. The number of amides is 1. The quantitative estimate of drug-likeness (QED) is 0.0321. The van der Waals surface area contributed by atoms with Crippen molar-refractivity contribution in [3.05, 3.63) is 24.3 Å². The van der Waals surface area contributed by atoms with Gasteiger partial charge in [0, 0.05) is 12.8 Å². The molecule has 6 nitrogen and oxygen atoms in total. The summed E-state index contributed by atoms with van der Waals surface area (Å²) < 4.78 is 5.48. The molecule has 0 radical (unpaired) electrons. The van der Waals surface area contributed by atoms with Crippen molar-refractivity contribution in [2.75, 3.05) is 13.2 Å². The Labute approximate surface area is 424 Å². The van der Waals surface area contributed by atoms with Gasteiger partial charge in [-0.1, -0.05) is 289 Å². The molecule has 2 atom stereocenters. The lowest BCUT2D eigenvalue weighted by atomic mass is 10.0. The van der Waals surface area contributed by atoms with Gasteiger partial charge in [-0.05, 0) is 57.8 Å². The molecular formula is C62H119NO5. The summed E-state index contributed by atoms with van der Waals surface area (Å²) in [6.07, 6.45) is 70.7. The van der Waals surface area contributed by atoms with Gasteiger partial charge in [0.05, 0.1) is 25.4 Å². The van der Waals surface area contributed by atoms with E-state index in [-0.39, 0.29) is 18.5 Å². The number of aliphatic hydroxyl groups is 2. The van der Waals surface area contributed by atoms with Crippen LogP contribution < -0.4 is 5.32 Å². The molecule has 0 aliphatic heterocycles. The average molecular weight is 959 g/mol. The summed E-state index contributed by atoms with van der Waals surface area (Å²) in [6, 6.07) is -0.633. The summed E-state index contributed by atoms with van der Waals surface area (Å²) in [5.74, 6) is -0.0638. The van der Waals surface area contributed by atoms with Crippen LogP contribution in [0.15, 0.2) is 24.3 Å². The summed E-state index contributed by atoms with van der Waals surface area (Å²) in [5, 5.41) is 23.1. The van der Waals surface area contributed by atoms with Crippen molar-refractivity contribution in [3.8, 4) is 0 Å². The fourth-order valence-corrected chi connectivity index (χ4v) is 9.51. The summed E-state index contributed by atoms with van der Waals surface area (Å²) in [6.45, 7) is 4.92. The van der Waals surface area contributed by atoms with Crippen LogP contribution in [0.1, 0.15) is 335 Å². The van der Waals surface area contributed by atoms with Crippen LogP contribution in [-0.4, -0.2) is 47.4 Å². The SMILES string of the molecule is CCCCCCCCCCCCCCCC/C=C/C(O)C(CO)NC(=O)CCCCCCCCC/C=C\CCCCCCCCCCCCOC(=O)CCCCCCCCCCCCCCCC. The normalized spacial score (nSPS) is 12.7.